The molecule has 0 N–H and O–H groups in total. The number of nitrogens with zero attached hydrogens (tertiary/aromatic N) is 1. The van der Waals surface area contributed by atoms with E-state index in [1.165, 1.54) is 4.90 Å². The van der Waals surface area contributed by atoms with Crippen molar-refractivity contribution < 1.29 is 23.1 Å². The number of carbonyl (C=O) groups is 2. The fourth-order valence-corrected chi connectivity index (χ4v) is 2.50. The second-order valence-corrected chi connectivity index (χ2v) is 5.38. The van der Waals surface area contributed by atoms with Gasteiger partial charge in [-0.2, -0.15) is 0 Å². The van der Waals surface area contributed by atoms with Crippen LogP contribution in [0.3, 0.4) is 0 Å². The van der Waals surface area contributed by atoms with E-state index in [4.69, 9.17) is 0 Å². The summed E-state index contributed by atoms with van der Waals surface area (Å²) in [5.74, 6) is -3.36. The third kappa shape index (κ3) is 2.60. The zero-order chi connectivity index (χ0) is 14.2. The molecule has 0 bridgehead atoms. The first kappa shape index (κ1) is 13.9. The van der Waals surface area contributed by atoms with Gasteiger partial charge in [0.15, 0.2) is 11.6 Å². The Hall–Kier alpha value is -1.50. The maximum Gasteiger partial charge on any atom is 0.340 e. The van der Waals surface area contributed by atoms with Crippen LogP contribution >= 0.6 is 15.9 Å². The second kappa shape index (κ2) is 5.24. The van der Waals surface area contributed by atoms with Crippen molar-refractivity contribution in [3.63, 3.8) is 0 Å². The lowest BCUT2D eigenvalue weighted by Gasteiger charge is -2.19. The van der Waals surface area contributed by atoms with E-state index >= 15 is 0 Å². The molecule has 1 atom stereocenters. The topological polar surface area (TPSA) is 46.6 Å². The zero-order valence-electron chi connectivity index (χ0n) is 9.95. The van der Waals surface area contributed by atoms with Gasteiger partial charge in [0.1, 0.15) is 0 Å². The van der Waals surface area contributed by atoms with Gasteiger partial charge < -0.3 is 9.64 Å². The van der Waals surface area contributed by atoms with E-state index in [0.29, 0.717) is 0 Å². The molecule has 19 heavy (non-hydrogen) atoms. The minimum Gasteiger partial charge on any atom is -0.465 e. The Morgan fingerprint density at radius 3 is 2.58 bits per heavy atom. The molecule has 1 fully saturated rings. The van der Waals surface area contributed by atoms with Gasteiger partial charge in [-0.25, -0.2) is 13.6 Å². The zero-order valence-corrected chi connectivity index (χ0v) is 11.5. The van der Waals surface area contributed by atoms with Crippen molar-refractivity contribution in [1.29, 1.82) is 0 Å². The first-order valence-electron chi connectivity index (χ1n) is 5.45. The number of alkyl halides is 1. The van der Waals surface area contributed by atoms with Gasteiger partial charge in [0.25, 0.3) is 0 Å². The number of methoxy groups -OCH3 is 1. The van der Waals surface area contributed by atoms with E-state index in [9.17, 15) is 18.4 Å². The molecule has 4 nitrogen and oxygen atoms in total. The molecule has 2 rings (SSSR count). The van der Waals surface area contributed by atoms with Crippen molar-refractivity contribution in [3.05, 3.63) is 29.3 Å². The van der Waals surface area contributed by atoms with Crippen LogP contribution in [-0.4, -0.2) is 30.4 Å². The Kier molecular flexibility index (Phi) is 3.84. The maximum atomic E-state index is 13.3. The normalized spacial score (nSPS) is 18.8. The smallest absolute Gasteiger partial charge is 0.340 e. The molecule has 1 heterocycles. The van der Waals surface area contributed by atoms with Crippen molar-refractivity contribution >= 4 is 33.5 Å². The predicted octanol–water partition coefficient (Wildman–Crippen LogP) is 2.25. The fraction of sp³-hybridized carbons (Fsp3) is 0.333. The fourth-order valence-electron chi connectivity index (χ4n) is 1.93. The average Bonchev–Trinajstić information content (AvgIpc) is 2.70. The standard InChI is InChI=1S/C12H10BrF2NO3/c1-19-12(18)7-3-8(14)9(15)4-10(7)16-5-6(13)2-11(16)17/h3-4,6H,2,5H2,1H3. The van der Waals surface area contributed by atoms with Crippen molar-refractivity contribution in [2.24, 2.45) is 0 Å². The first-order chi connectivity index (χ1) is 8.93. The SMILES string of the molecule is COC(=O)c1cc(F)c(F)cc1N1CC(Br)CC1=O. The summed E-state index contributed by atoms with van der Waals surface area (Å²) < 4.78 is 31.1. The van der Waals surface area contributed by atoms with Crippen LogP contribution in [0.4, 0.5) is 14.5 Å². The highest BCUT2D eigenvalue weighted by molar-refractivity contribution is 9.09. The molecule has 0 aromatic heterocycles. The number of anilines is 1. The summed E-state index contributed by atoms with van der Waals surface area (Å²) in [6, 6.07) is 1.58. The Morgan fingerprint density at radius 1 is 1.42 bits per heavy atom. The van der Waals surface area contributed by atoms with Gasteiger partial charge in [0.2, 0.25) is 5.91 Å². The predicted molar refractivity (Wildman–Crippen MR) is 67.4 cm³/mol. The molecule has 0 saturated carbocycles. The van der Waals surface area contributed by atoms with E-state index < -0.39 is 17.6 Å². The number of halogens is 3. The highest BCUT2D eigenvalue weighted by atomic mass is 79.9. The van der Waals surface area contributed by atoms with Gasteiger partial charge >= 0.3 is 5.97 Å². The van der Waals surface area contributed by atoms with Crippen LogP contribution in [0.5, 0.6) is 0 Å². The van der Waals surface area contributed by atoms with E-state index in [1.54, 1.807) is 0 Å². The van der Waals surface area contributed by atoms with Crippen molar-refractivity contribution in [1.82, 2.24) is 0 Å². The van der Waals surface area contributed by atoms with E-state index in [1.807, 2.05) is 0 Å². The molecule has 1 aliphatic heterocycles. The van der Waals surface area contributed by atoms with Crippen LogP contribution in [0.25, 0.3) is 0 Å². The lowest BCUT2D eigenvalue weighted by Crippen LogP contribution is -2.27. The number of esters is 1. The minimum absolute atomic E-state index is 0.0256. The van der Waals surface area contributed by atoms with Gasteiger partial charge in [-0.15, -0.1) is 0 Å². The largest absolute Gasteiger partial charge is 0.465 e. The highest BCUT2D eigenvalue weighted by Crippen LogP contribution is 2.30. The monoisotopic (exact) mass is 333 g/mol. The Morgan fingerprint density at radius 2 is 2.05 bits per heavy atom. The molecular formula is C12H10BrF2NO3. The lowest BCUT2D eigenvalue weighted by molar-refractivity contribution is -0.117. The van der Waals surface area contributed by atoms with E-state index in [0.717, 1.165) is 19.2 Å². The molecule has 1 aromatic carbocycles. The summed E-state index contributed by atoms with van der Waals surface area (Å²) >= 11 is 3.28. The molecule has 1 aliphatic rings. The number of hydrogen-bond donors (Lipinski definition) is 0. The molecule has 1 saturated heterocycles. The third-order valence-corrected chi connectivity index (χ3v) is 3.43. The van der Waals surface area contributed by atoms with Gasteiger partial charge in [0.05, 0.1) is 18.4 Å². The summed E-state index contributed by atoms with van der Waals surface area (Å²) in [6.45, 7) is 0.286. The summed E-state index contributed by atoms with van der Waals surface area (Å²) in [4.78, 5) is 24.5. The number of hydrogen-bond acceptors (Lipinski definition) is 3. The lowest BCUT2D eigenvalue weighted by atomic mass is 10.1. The van der Waals surface area contributed by atoms with Crippen LogP contribution in [0.15, 0.2) is 12.1 Å². The van der Waals surface area contributed by atoms with Gasteiger partial charge in [-0.3, -0.25) is 4.79 Å². The highest BCUT2D eigenvalue weighted by Gasteiger charge is 2.32. The summed E-state index contributed by atoms with van der Waals surface area (Å²) in [5, 5.41) is 0. The van der Waals surface area contributed by atoms with Gasteiger partial charge in [-0.05, 0) is 6.07 Å². The Labute approximate surface area is 116 Å². The summed E-state index contributed by atoms with van der Waals surface area (Å²) in [5.41, 5.74) is -0.144. The van der Waals surface area contributed by atoms with Crippen LogP contribution in [0.1, 0.15) is 16.8 Å². The van der Waals surface area contributed by atoms with Gasteiger partial charge in [0, 0.05) is 23.9 Å². The Balaban J connectivity index is 2.52. The summed E-state index contributed by atoms with van der Waals surface area (Å²) in [6.07, 6.45) is 0.236. The Bertz CT molecular complexity index is 550. The van der Waals surface area contributed by atoms with E-state index in [-0.39, 0.29) is 35.0 Å². The molecule has 0 radical (unpaired) electrons. The van der Waals surface area contributed by atoms with E-state index in [2.05, 4.69) is 20.7 Å². The number of rotatable bonds is 2. The molecular weight excluding hydrogens is 324 g/mol. The molecule has 7 heteroatoms. The van der Waals surface area contributed by atoms with Crippen LogP contribution in [0.2, 0.25) is 0 Å². The molecule has 102 valence electrons. The minimum atomic E-state index is -1.16. The molecule has 1 unspecified atom stereocenters. The number of benzene rings is 1. The van der Waals surface area contributed by atoms with Crippen molar-refractivity contribution in [2.75, 3.05) is 18.6 Å². The van der Waals surface area contributed by atoms with Gasteiger partial charge in [-0.1, -0.05) is 15.9 Å². The van der Waals surface area contributed by atoms with Crippen molar-refractivity contribution in [3.8, 4) is 0 Å². The molecule has 1 amide bonds. The third-order valence-electron chi connectivity index (χ3n) is 2.81. The number of carbonyl (C=O) groups excluding carboxylic acids is 2. The van der Waals surface area contributed by atoms with Crippen LogP contribution in [-0.2, 0) is 9.53 Å². The maximum absolute atomic E-state index is 13.3. The quantitative estimate of drug-likeness (QED) is 0.616. The van der Waals surface area contributed by atoms with Crippen LogP contribution in [0, 0.1) is 11.6 Å². The molecule has 1 aromatic rings. The van der Waals surface area contributed by atoms with Crippen molar-refractivity contribution in [2.45, 2.75) is 11.2 Å². The first-order valence-corrected chi connectivity index (χ1v) is 6.37. The second-order valence-electron chi connectivity index (χ2n) is 4.08. The number of amides is 1. The molecule has 0 aliphatic carbocycles. The summed E-state index contributed by atoms with van der Waals surface area (Å²) in [7, 11) is 1.13. The molecule has 0 spiro atoms. The average molecular weight is 334 g/mol. The number of ether oxygens (including phenoxy) is 1. The van der Waals surface area contributed by atoms with Crippen LogP contribution < -0.4 is 4.90 Å².